The van der Waals surface area contributed by atoms with Crippen molar-refractivity contribution in [3.8, 4) is 0 Å². The second-order valence-corrected chi connectivity index (χ2v) is 5.81. The molecule has 100 valence electrons. The molecule has 0 radical (unpaired) electrons. The normalized spacial score (nSPS) is 12.3. The van der Waals surface area contributed by atoms with Gasteiger partial charge in [-0.3, -0.25) is 4.79 Å². The van der Waals surface area contributed by atoms with Crippen LogP contribution in [-0.4, -0.2) is 11.1 Å². The molecule has 1 N–H and O–H groups in total. The van der Waals surface area contributed by atoms with Crippen LogP contribution in [0.15, 0.2) is 42.5 Å². The highest BCUT2D eigenvalue weighted by molar-refractivity contribution is 7.11. The van der Waals surface area contributed by atoms with E-state index >= 15 is 0 Å². The number of benzene rings is 1. The molecule has 1 aromatic heterocycles. The number of carboxylic acids is 1. The first-order valence-electron chi connectivity index (χ1n) is 6.56. The number of carbonyl (C=O) groups is 1. The van der Waals surface area contributed by atoms with Crippen molar-refractivity contribution < 1.29 is 9.90 Å². The highest BCUT2D eigenvalue weighted by Crippen LogP contribution is 2.25. The van der Waals surface area contributed by atoms with Crippen LogP contribution in [0.4, 0.5) is 0 Å². The summed E-state index contributed by atoms with van der Waals surface area (Å²) in [7, 11) is 0. The first-order valence-corrected chi connectivity index (χ1v) is 7.37. The third kappa shape index (κ3) is 3.67. The zero-order valence-electron chi connectivity index (χ0n) is 11.0. The summed E-state index contributed by atoms with van der Waals surface area (Å²) in [5.74, 6) is -1.15. The Morgan fingerprint density at radius 2 is 1.84 bits per heavy atom. The minimum absolute atomic E-state index is 0.409. The third-order valence-corrected chi connectivity index (χ3v) is 4.53. The topological polar surface area (TPSA) is 37.3 Å². The van der Waals surface area contributed by atoms with Crippen LogP contribution in [0.5, 0.6) is 0 Å². The monoisotopic (exact) mass is 274 g/mol. The number of aliphatic carboxylic acids is 1. The van der Waals surface area contributed by atoms with Gasteiger partial charge in [-0.05, 0) is 37.0 Å². The van der Waals surface area contributed by atoms with E-state index in [1.54, 1.807) is 11.3 Å². The smallest absolute Gasteiger partial charge is 0.310 e. The fourth-order valence-electron chi connectivity index (χ4n) is 2.15. The lowest BCUT2D eigenvalue weighted by molar-refractivity contribution is -0.138. The van der Waals surface area contributed by atoms with Crippen LogP contribution in [0.2, 0.25) is 0 Å². The lowest BCUT2D eigenvalue weighted by Gasteiger charge is -2.11. The average Bonchev–Trinajstić information content (AvgIpc) is 2.88. The van der Waals surface area contributed by atoms with Crippen LogP contribution in [0.1, 0.15) is 34.6 Å². The van der Waals surface area contributed by atoms with Gasteiger partial charge in [0.15, 0.2) is 0 Å². The number of hydrogen-bond donors (Lipinski definition) is 1. The molecule has 1 atom stereocenters. The van der Waals surface area contributed by atoms with E-state index in [4.69, 9.17) is 0 Å². The maximum absolute atomic E-state index is 11.4. The number of hydrogen-bond acceptors (Lipinski definition) is 2. The number of aryl methyl sites for hydroxylation is 2. The first-order chi connectivity index (χ1) is 9.20. The van der Waals surface area contributed by atoms with Gasteiger partial charge in [-0.1, -0.05) is 37.3 Å². The summed E-state index contributed by atoms with van der Waals surface area (Å²) in [6.45, 7) is 2.14. The number of carboxylic acid groups (broad SMARTS) is 1. The Morgan fingerprint density at radius 1 is 1.16 bits per heavy atom. The zero-order valence-corrected chi connectivity index (χ0v) is 11.8. The van der Waals surface area contributed by atoms with E-state index in [1.165, 1.54) is 9.75 Å². The highest BCUT2D eigenvalue weighted by Gasteiger charge is 2.19. The first kappa shape index (κ1) is 13.8. The van der Waals surface area contributed by atoms with E-state index in [0.29, 0.717) is 6.42 Å². The fraction of sp³-hybridized carbons (Fsp3) is 0.312. The summed E-state index contributed by atoms with van der Waals surface area (Å²) in [5, 5.41) is 9.36. The van der Waals surface area contributed by atoms with Crippen LogP contribution in [0.25, 0.3) is 0 Å². The molecule has 1 unspecified atom stereocenters. The van der Waals surface area contributed by atoms with Crippen LogP contribution in [0.3, 0.4) is 0 Å². The molecule has 0 aliphatic carbocycles. The highest BCUT2D eigenvalue weighted by atomic mass is 32.1. The molecular formula is C16H18O2S. The quantitative estimate of drug-likeness (QED) is 0.860. The average molecular weight is 274 g/mol. The van der Waals surface area contributed by atoms with Gasteiger partial charge in [0.1, 0.15) is 0 Å². The largest absolute Gasteiger partial charge is 0.481 e. The SMILES string of the molecule is CCc1ccc(CCC(C(=O)O)c2ccccc2)s1. The van der Waals surface area contributed by atoms with Crippen molar-refractivity contribution in [2.75, 3.05) is 0 Å². The van der Waals surface area contributed by atoms with E-state index in [1.807, 2.05) is 30.3 Å². The lowest BCUT2D eigenvalue weighted by atomic mass is 9.94. The summed E-state index contributed by atoms with van der Waals surface area (Å²) in [6, 6.07) is 13.7. The Balaban J connectivity index is 2.04. The van der Waals surface area contributed by atoms with Gasteiger partial charge >= 0.3 is 5.97 Å². The van der Waals surface area contributed by atoms with Crippen LogP contribution < -0.4 is 0 Å². The van der Waals surface area contributed by atoms with E-state index in [9.17, 15) is 9.90 Å². The maximum Gasteiger partial charge on any atom is 0.310 e. The van der Waals surface area contributed by atoms with Gasteiger partial charge < -0.3 is 5.11 Å². The van der Waals surface area contributed by atoms with E-state index in [-0.39, 0.29) is 0 Å². The van der Waals surface area contributed by atoms with E-state index in [0.717, 1.165) is 18.4 Å². The minimum Gasteiger partial charge on any atom is -0.481 e. The molecule has 0 saturated heterocycles. The maximum atomic E-state index is 11.4. The van der Waals surface area contributed by atoms with Crippen molar-refractivity contribution >= 4 is 17.3 Å². The van der Waals surface area contributed by atoms with Gasteiger partial charge in [0.05, 0.1) is 5.92 Å². The Kier molecular flexibility index (Phi) is 4.74. The van der Waals surface area contributed by atoms with Crippen LogP contribution in [0, 0.1) is 0 Å². The standard InChI is InChI=1S/C16H18O2S/c1-2-13-8-9-14(19-13)10-11-15(16(17)18)12-6-4-3-5-7-12/h3-9,15H,2,10-11H2,1H3,(H,17,18). The molecule has 0 saturated carbocycles. The van der Waals surface area contributed by atoms with Gasteiger partial charge in [0.2, 0.25) is 0 Å². The zero-order chi connectivity index (χ0) is 13.7. The summed E-state index contributed by atoms with van der Waals surface area (Å²) in [5.41, 5.74) is 0.891. The van der Waals surface area contributed by atoms with Crippen molar-refractivity contribution in [1.29, 1.82) is 0 Å². The van der Waals surface area contributed by atoms with Gasteiger partial charge in [-0.2, -0.15) is 0 Å². The van der Waals surface area contributed by atoms with Crippen LogP contribution in [-0.2, 0) is 17.6 Å². The molecule has 1 aromatic carbocycles. The van der Waals surface area contributed by atoms with E-state index < -0.39 is 11.9 Å². The molecule has 1 heterocycles. The van der Waals surface area contributed by atoms with Crippen LogP contribution >= 0.6 is 11.3 Å². The van der Waals surface area contributed by atoms with Gasteiger partial charge in [0, 0.05) is 9.75 Å². The predicted molar refractivity (Wildman–Crippen MR) is 78.8 cm³/mol. The fourth-order valence-corrected chi connectivity index (χ4v) is 3.12. The van der Waals surface area contributed by atoms with Crippen molar-refractivity contribution in [1.82, 2.24) is 0 Å². The second kappa shape index (κ2) is 6.53. The second-order valence-electron chi connectivity index (χ2n) is 4.56. The Morgan fingerprint density at radius 3 is 2.42 bits per heavy atom. The molecule has 0 aliphatic heterocycles. The van der Waals surface area contributed by atoms with Crippen molar-refractivity contribution in [3.63, 3.8) is 0 Å². The van der Waals surface area contributed by atoms with Gasteiger partial charge in [0.25, 0.3) is 0 Å². The molecule has 0 fully saturated rings. The van der Waals surface area contributed by atoms with Crippen molar-refractivity contribution in [3.05, 3.63) is 57.8 Å². The Bertz CT molecular complexity index is 531. The summed E-state index contributed by atoms with van der Waals surface area (Å²) >= 11 is 1.79. The summed E-state index contributed by atoms with van der Waals surface area (Å²) < 4.78 is 0. The molecule has 2 nitrogen and oxygen atoms in total. The van der Waals surface area contributed by atoms with Crippen molar-refractivity contribution in [2.45, 2.75) is 32.1 Å². The molecule has 0 aliphatic rings. The Hall–Kier alpha value is -1.61. The van der Waals surface area contributed by atoms with Gasteiger partial charge in [-0.25, -0.2) is 0 Å². The predicted octanol–water partition coefficient (Wildman–Crippen LogP) is 4.11. The molecule has 0 amide bonds. The molecule has 0 spiro atoms. The molecule has 3 heteroatoms. The van der Waals surface area contributed by atoms with Crippen molar-refractivity contribution in [2.24, 2.45) is 0 Å². The summed E-state index contributed by atoms with van der Waals surface area (Å²) in [4.78, 5) is 14.0. The summed E-state index contributed by atoms with van der Waals surface area (Å²) in [6.07, 6.45) is 2.53. The lowest BCUT2D eigenvalue weighted by Crippen LogP contribution is -2.12. The third-order valence-electron chi connectivity index (χ3n) is 3.25. The minimum atomic E-state index is -0.738. The Labute approximate surface area is 117 Å². The number of thiophene rings is 1. The molecule has 0 bridgehead atoms. The molecular weight excluding hydrogens is 256 g/mol. The number of rotatable bonds is 6. The molecule has 2 rings (SSSR count). The molecule has 2 aromatic rings. The van der Waals surface area contributed by atoms with E-state index in [2.05, 4.69) is 19.1 Å². The van der Waals surface area contributed by atoms with Gasteiger partial charge in [-0.15, -0.1) is 11.3 Å². The molecule has 19 heavy (non-hydrogen) atoms.